The van der Waals surface area contributed by atoms with Gasteiger partial charge < -0.3 is 5.32 Å². The Hall–Kier alpha value is -2.55. The Bertz CT molecular complexity index is 883. The van der Waals surface area contributed by atoms with E-state index in [0.29, 0.717) is 16.7 Å². The van der Waals surface area contributed by atoms with Gasteiger partial charge in [0.2, 0.25) is 5.91 Å². The number of hydrogen-bond acceptors (Lipinski definition) is 5. The first-order valence-electron chi connectivity index (χ1n) is 6.55. The second-order valence-electron chi connectivity index (χ2n) is 4.65. The van der Waals surface area contributed by atoms with Gasteiger partial charge in [-0.15, -0.1) is 0 Å². The van der Waals surface area contributed by atoms with Gasteiger partial charge in [0, 0.05) is 13.1 Å². The Kier molecular flexibility index (Phi) is 4.20. The predicted octanol–water partition coefficient (Wildman–Crippen LogP) is 2.37. The highest BCUT2D eigenvalue weighted by molar-refractivity contribution is 8.00. The van der Waals surface area contributed by atoms with Gasteiger partial charge in [-0.25, -0.2) is 18.7 Å². The third-order valence-electron chi connectivity index (χ3n) is 3.04. The Balaban J connectivity index is 1.68. The van der Waals surface area contributed by atoms with Crippen LogP contribution in [0.5, 0.6) is 0 Å². The van der Waals surface area contributed by atoms with E-state index in [9.17, 15) is 13.6 Å². The van der Waals surface area contributed by atoms with E-state index in [2.05, 4.69) is 20.4 Å². The van der Waals surface area contributed by atoms with Gasteiger partial charge in [-0.1, -0.05) is 11.8 Å². The molecule has 0 aliphatic rings. The molecule has 3 rings (SSSR count). The molecule has 118 valence electrons. The van der Waals surface area contributed by atoms with Gasteiger partial charge in [0.25, 0.3) is 0 Å². The van der Waals surface area contributed by atoms with Crippen molar-refractivity contribution in [1.29, 1.82) is 0 Å². The van der Waals surface area contributed by atoms with Crippen LogP contribution in [0, 0.1) is 11.6 Å². The third kappa shape index (κ3) is 3.29. The lowest BCUT2D eigenvalue weighted by Gasteiger charge is -2.06. The van der Waals surface area contributed by atoms with Gasteiger partial charge in [-0.05, 0) is 12.1 Å². The molecule has 0 radical (unpaired) electrons. The average Bonchev–Trinajstić information content (AvgIpc) is 2.90. The summed E-state index contributed by atoms with van der Waals surface area (Å²) in [4.78, 5) is 20.1. The molecule has 0 fully saturated rings. The second kappa shape index (κ2) is 6.29. The first-order chi connectivity index (χ1) is 11.0. The van der Waals surface area contributed by atoms with Crippen LogP contribution < -0.4 is 5.32 Å². The lowest BCUT2D eigenvalue weighted by Crippen LogP contribution is -2.15. The van der Waals surface area contributed by atoms with Crippen molar-refractivity contribution in [3.8, 4) is 0 Å². The molecule has 1 aromatic carbocycles. The lowest BCUT2D eigenvalue weighted by molar-refractivity contribution is -0.113. The number of carbonyl (C=O) groups excluding carboxylic acids is 1. The molecule has 0 bridgehead atoms. The summed E-state index contributed by atoms with van der Waals surface area (Å²) in [7, 11) is 1.76. The molecule has 23 heavy (non-hydrogen) atoms. The number of amides is 1. The van der Waals surface area contributed by atoms with Crippen LogP contribution in [-0.4, -0.2) is 31.4 Å². The van der Waals surface area contributed by atoms with Crippen LogP contribution in [0.15, 0.2) is 35.7 Å². The quantitative estimate of drug-likeness (QED) is 0.585. The van der Waals surface area contributed by atoms with Gasteiger partial charge >= 0.3 is 0 Å². The van der Waals surface area contributed by atoms with Gasteiger partial charge in [-0.3, -0.25) is 9.48 Å². The number of thioether (sulfide) groups is 1. The molecule has 0 aliphatic carbocycles. The third-order valence-corrected chi connectivity index (χ3v) is 4.04. The van der Waals surface area contributed by atoms with Crippen molar-refractivity contribution in [2.24, 2.45) is 7.05 Å². The van der Waals surface area contributed by atoms with Crippen molar-refractivity contribution in [3.05, 3.63) is 42.4 Å². The van der Waals surface area contributed by atoms with E-state index in [-0.39, 0.29) is 11.4 Å². The minimum absolute atomic E-state index is 0.0256. The van der Waals surface area contributed by atoms with E-state index in [1.54, 1.807) is 17.9 Å². The summed E-state index contributed by atoms with van der Waals surface area (Å²) in [6, 6.07) is 2.97. The summed E-state index contributed by atoms with van der Waals surface area (Å²) in [5.41, 5.74) is 0.596. The molecule has 1 amide bonds. The Labute approximate surface area is 133 Å². The molecule has 0 atom stereocenters. The van der Waals surface area contributed by atoms with Crippen LogP contribution in [-0.2, 0) is 11.8 Å². The highest BCUT2D eigenvalue weighted by atomic mass is 32.2. The number of nitrogens with zero attached hydrogens (tertiary/aromatic N) is 4. The first kappa shape index (κ1) is 15.3. The second-order valence-corrected chi connectivity index (χ2v) is 5.61. The van der Waals surface area contributed by atoms with Crippen molar-refractivity contribution in [2.75, 3.05) is 11.1 Å². The maximum absolute atomic E-state index is 13.5. The van der Waals surface area contributed by atoms with Crippen LogP contribution >= 0.6 is 11.8 Å². The van der Waals surface area contributed by atoms with E-state index < -0.39 is 17.5 Å². The van der Waals surface area contributed by atoms with E-state index in [0.717, 1.165) is 11.5 Å². The molecule has 0 saturated carbocycles. The number of carbonyl (C=O) groups is 1. The fraction of sp³-hybridized carbons (Fsp3) is 0.143. The van der Waals surface area contributed by atoms with E-state index in [1.807, 2.05) is 0 Å². The Morgan fingerprint density at radius 2 is 2.17 bits per heavy atom. The highest BCUT2D eigenvalue weighted by Gasteiger charge is 2.12. The van der Waals surface area contributed by atoms with Crippen molar-refractivity contribution < 1.29 is 13.6 Å². The fourth-order valence-electron chi connectivity index (χ4n) is 1.97. The number of benzene rings is 1. The molecule has 0 aliphatic heterocycles. The Morgan fingerprint density at radius 3 is 2.96 bits per heavy atom. The summed E-state index contributed by atoms with van der Waals surface area (Å²) in [5, 5.41) is 7.83. The largest absolute Gasteiger partial charge is 0.323 e. The predicted molar refractivity (Wildman–Crippen MR) is 82.0 cm³/mol. The standard InChI is InChI=1S/C14H11F2N5OS/c1-21-13-9(5-19-21)14(18-7-17-13)23-6-12(22)20-11-3-2-8(15)4-10(11)16/h2-5,7H,6H2,1H3,(H,20,22). The molecular weight excluding hydrogens is 324 g/mol. The molecular formula is C14H11F2N5OS. The fourth-order valence-corrected chi connectivity index (χ4v) is 2.73. The minimum Gasteiger partial charge on any atom is -0.323 e. The van der Waals surface area contributed by atoms with E-state index in [1.165, 1.54) is 24.2 Å². The summed E-state index contributed by atoms with van der Waals surface area (Å²) in [6.45, 7) is 0. The SMILES string of the molecule is Cn1ncc2c(SCC(=O)Nc3ccc(F)cc3F)ncnc21. The number of aromatic nitrogens is 4. The van der Waals surface area contributed by atoms with Crippen LogP contribution in [0.3, 0.4) is 0 Å². The van der Waals surface area contributed by atoms with Crippen molar-refractivity contribution in [2.45, 2.75) is 5.03 Å². The smallest absolute Gasteiger partial charge is 0.234 e. The maximum Gasteiger partial charge on any atom is 0.234 e. The van der Waals surface area contributed by atoms with Crippen LogP contribution in [0.1, 0.15) is 0 Å². The van der Waals surface area contributed by atoms with Crippen molar-refractivity contribution >= 4 is 34.4 Å². The summed E-state index contributed by atoms with van der Waals surface area (Å²) in [6.07, 6.45) is 3.01. The van der Waals surface area contributed by atoms with Crippen LogP contribution in [0.4, 0.5) is 14.5 Å². The summed E-state index contributed by atoms with van der Waals surface area (Å²) >= 11 is 1.19. The normalized spacial score (nSPS) is 10.9. The van der Waals surface area contributed by atoms with Gasteiger partial charge in [-0.2, -0.15) is 5.10 Å². The first-order valence-corrected chi connectivity index (χ1v) is 7.53. The van der Waals surface area contributed by atoms with E-state index >= 15 is 0 Å². The molecule has 6 nitrogen and oxygen atoms in total. The highest BCUT2D eigenvalue weighted by Crippen LogP contribution is 2.24. The lowest BCUT2D eigenvalue weighted by atomic mass is 10.3. The molecule has 9 heteroatoms. The Morgan fingerprint density at radius 1 is 1.35 bits per heavy atom. The van der Waals surface area contributed by atoms with E-state index in [4.69, 9.17) is 0 Å². The van der Waals surface area contributed by atoms with Crippen LogP contribution in [0.25, 0.3) is 11.0 Å². The molecule has 0 spiro atoms. The molecule has 0 unspecified atom stereocenters. The molecule has 2 aromatic heterocycles. The number of aryl methyl sites for hydroxylation is 1. The zero-order valence-electron chi connectivity index (χ0n) is 12.0. The van der Waals surface area contributed by atoms with Gasteiger partial charge in [0.1, 0.15) is 23.0 Å². The molecule has 1 N–H and O–H groups in total. The number of hydrogen-bond donors (Lipinski definition) is 1. The average molecular weight is 335 g/mol. The number of halogens is 2. The minimum atomic E-state index is -0.819. The number of fused-ring (bicyclic) bond motifs is 1. The zero-order valence-corrected chi connectivity index (χ0v) is 12.8. The topological polar surface area (TPSA) is 72.7 Å². The van der Waals surface area contributed by atoms with Gasteiger partial charge in [0.05, 0.1) is 23.0 Å². The number of rotatable bonds is 4. The molecule has 2 heterocycles. The molecule has 0 saturated heterocycles. The number of nitrogens with one attached hydrogen (secondary N) is 1. The van der Waals surface area contributed by atoms with Gasteiger partial charge in [0.15, 0.2) is 5.65 Å². The van der Waals surface area contributed by atoms with Crippen molar-refractivity contribution in [1.82, 2.24) is 19.7 Å². The zero-order chi connectivity index (χ0) is 16.4. The van der Waals surface area contributed by atoms with Crippen LogP contribution in [0.2, 0.25) is 0 Å². The van der Waals surface area contributed by atoms with Crippen molar-refractivity contribution in [3.63, 3.8) is 0 Å². The number of anilines is 1. The summed E-state index contributed by atoms with van der Waals surface area (Å²) in [5.74, 6) is -1.91. The summed E-state index contributed by atoms with van der Waals surface area (Å²) < 4.78 is 27.9. The monoisotopic (exact) mass is 335 g/mol. The molecule has 3 aromatic rings. The maximum atomic E-state index is 13.5.